The Kier molecular flexibility index (Phi) is 6.86. The quantitative estimate of drug-likeness (QED) is 0.229. The molecule has 0 radical (unpaired) electrons. The Hall–Kier alpha value is -3.89. The van der Waals surface area contributed by atoms with Gasteiger partial charge in [-0.3, -0.25) is 4.40 Å². The molecule has 3 aromatic heterocycles. The van der Waals surface area contributed by atoms with Crippen LogP contribution in [-0.4, -0.2) is 27.1 Å². The Balaban J connectivity index is 1.22. The van der Waals surface area contributed by atoms with Gasteiger partial charge in [0.2, 0.25) is 0 Å². The van der Waals surface area contributed by atoms with E-state index in [0.717, 1.165) is 50.3 Å². The van der Waals surface area contributed by atoms with Crippen molar-refractivity contribution in [1.82, 2.24) is 19.7 Å². The Labute approximate surface area is 216 Å². The minimum Gasteiger partial charge on any atom is -0.356 e. The molecule has 190 valence electrons. The van der Waals surface area contributed by atoms with Crippen LogP contribution in [0.4, 0.5) is 24.0 Å². The van der Waals surface area contributed by atoms with E-state index in [1.165, 1.54) is 11.3 Å². The van der Waals surface area contributed by atoms with Gasteiger partial charge in [-0.05, 0) is 41.8 Å². The molecule has 0 saturated carbocycles. The van der Waals surface area contributed by atoms with Crippen molar-refractivity contribution >= 4 is 27.8 Å². The minimum atomic E-state index is -4.25. The topological polar surface area (TPSA) is 66.3 Å². The first kappa shape index (κ1) is 24.8. The number of allylic oxidation sites excluding steroid dienone is 4. The number of fused-ring (bicyclic) bond motifs is 1. The van der Waals surface area contributed by atoms with Crippen LogP contribution in [0, 0.1) is 6.92 Å². The largest absolute Gasteiger partial charge is 0.401 e. The van der Waals surface area contributed by atoms with E-state index in [2.05, 4.69) is 40.5 Å². The summed E-state index contributed by atoms with van der Waals surface area (Å²) in [4.78, 5) is 9.13. The monoisotopic (exact) mass is 522 g/mol. The molecule has 0 saturated heterocycles. The number of halogens is 3. The van der Waals surface area contributed by atoms with Crippen LogP contribution >= 0.6 is 11.3 Å². The zero-order valence-corrected chi connectivity index (χ0v) is 20.9. The highest BCUT2D eigenvalue weighted by atomic mass is 32.1. The molecule has 1 aliphatic rings. The van der Waals surface area contributed by atoms with Crippen molar-refractivity contribution in [3.05, 3.63) is 101 Å². The van der Waals surface area contributed by atoms with Gasteiger partial charge in [0.05, 0.1) is 18.4 Å². The number of thiazole rings is 1. The number of rotatable bonds is 9. The van der Waals surface area contributed by atoms with Gasteiger partial charge in [-0.15, -0.1) is 11.3 Å². The maximum absolute atomic E-state index is 12.5. The molecule has 1 aromatic carbocycles. The molecule has 0 atom stereocenters. The van der Waals surface area contributed by atoms with Gasteiger partial charge in [0.1, 0.15) is 11.3 Å². The van der Waals surface area contributed by atoms with E-state index >= 15 is 0 Å². The highest BCUT2D eigenvalue weighted by Crippen LogP contribution is 2.31. The summed E-state index contributed by atoms with van der Waals surface area (Å²) in [6.07, 6.45) is 4.03. The molecule has 0 amide bonds. The van der Waals surface area contributed by atoms with E-state index in [1.54, 1.807) is 24.5 Å². The van der Waals surface area contributed by atoms with E-state index in [-0.39, 0.29) is 6.54 Å². The molecule has 0 spiro atoms. The number of para-hydroxylation sites is 1. The molecule has 10 heteroatoms. The van der Waals surface area contributed by atoms with Gasteiger partial charge < -0.3 is 16.0 Å². The first-order chi connectivity index (χ1) is 17.7. The molecule has 37 heavy (non-hydrogen) atoms. The fourth-order valence-electron chi connectivity index (χ4n) is 4.03. The molecule has 4 aromatic rings. The second-order valence-corrected chi connectivity index (χ2v) is 9.63. The lowest BCUT2D eigenvalue weighted by Crippen LogP contribution is -2.28. The summed E-state index contributed by atoms with van der Waals surface area (Å²) in [5.74, 6) is 0. The third kappa shape index (κ3) is 5.92. The van der Waals surface area contributed by atoms with Crippen LogP contribution < -0.4 is 16.0 Å². The number of hydrogen-bond donors (Lipinski definition) is 3. The molecule has 3 N–H and O–H groups in total. The van der Waals surface area contributed by atoms with E-state index < -0.39 is 12.7 Å². The smallest absolute Gasteiger partial charge is 0.356 e. The first-order valence-electron chi connectivity index (χ1n) is 11.6. The predicted molar refractivity (Wildman–Crippen MR) is 142 cm³/mol. The summed E-state index contributed by atoms with van der Waals surface area (Å²) in [5, 5.41) is 11.9. The number of anilines is 2. The number of alkyl halides is 3. The predicted octanol–water partition coefficient (Wildman–Crippen LogP) is 6.67. The molecule has 6 nitrogen and oxygen atoms in total. The van der Waals surface area contributed by atoms with Crippen molar-refractivity contribution in [1.29, 1.82) is 0 Å². The van der Waals surface area contributed by atoms with Crippen molar-refractivity contribution in [3.8, 4) is 11.4 Å². The van der Waals surface area contributed by atoms with Crippen LogP contribution in [0.3, 0.4) is 0 Å². The molecule has 1 aliphatic carbocycles. The third-order valence-electron chi connectivity index (χ3n) is 5.94. The fraction of sp³-hybridized carbons (Fsp3) is 0.185. The van der Waals surface area contributed by atoms with Crippen LogP contribution in [0.15, 0.2) is 89.9 Å². The van der Waals surface area contributed by atoms with E-state index in [9.17, 15) is 13.2 Å². The lowest BCUT2D eigenvalue weighted by atomic mass is 10.1. The highest BCUT2D eigenvalue weighted by Gasteiger charge is 2.26. The Morgan fingerprint density at radius 2 is 2.00 bits per heavy atom. The van der Waals surface area contributed by atoms with Crippen molar-refractivity contribution in [2.75, 3.05) is 17.2 Å². The fourth-order valence-corrected chi connectivity index (χ4v) is 4.76. The Morgan fingerprint density at radius 3 is 2.81 bits per heavy atom. The van der Waals surface area contributed by atoms with E-state index in [1.807, 2.05) is 40.1 Å². The second-order valence-electron chi connectivity index (χ2n) is 8.77. The lowest BCUT2D eigenvalue weighted by Gasteiger charge is -2.13. The summed E-state index contributed by atoms with van der Waals surface area (Å²) < 4.78 is 39.2. The molecule has 0 aliphatic heterocycles. The SMILES string of the molecule is C=C(Nc1ccccc1C)C1=CC=C(Nc2nc(-c3cnc4ccc(CNCC(F)(F)F)cn34)cs2)C1. The molecule has 0 fully saturated rings. The van der Waals surface area contributed by atoms with Gasteiger partial charge in [-0.25, -0.2) is 9.97 Å². The van der Waals surface area contributed by atoms with E-state index in [4.69, 9.17) is 4.98 Å². The maximum atomic E-state index is 12.5. The Morgan fingerprint density at radius 1 is 1.16 bits per heavy atom. The standard InChI is InChI=1S/C27H25F3N6S/c1-17-5-3-4-6-22(17)33-18(2)20-8-9-21(11-20)34-26-35-23(15-37-26)24-13-32-25-10-7-19(14-36(24)25)12-31-16-27(28,29)30/h3-10,13-15,31,33H,2,11-12,16H2,1H3,(H,34,35). The molecular weight excluding hydrogens is 497 g/mol. The number of aryl methyl sites for hydroxylation is 1. The number of hydrogen-bond acceptors (Lipinski definition) is 6. The summed E-state index contributed by atoms with van der Waals surface area (Å²) >= 11 is 1.48. The third-order valence-corrected chi connectivity index (χ3v) is 6.70. The second kappa shape index (κ2) is 10.2. The average Bonchev–Trinajstić information content (AvgIpc) is 3.60. The summed E-state index contributed by atoms with van der Waals surface area (Å²) in [6.45, 7) is 5.32. The number of aromatic nitrogens is 3. The highest BCUT2D eigenvalue weighted by molar-refractivity contribution is 7.14. The molecule has 0 bridgehead atoms. The van der Waals surface area contributed by atoms with Crippen molar-refractivity contribution in [2.45, 2.75) is 26.1 Å². The van der Waals surface area contributed by atoms with Crippen molar-refractivity contribution in [3.63, 3.8) is 0 Å². The molecule has 3 heterocycles. The molecular formula is C27H25F3N6S. The number of benzene rings is 1. The average molecular weight is 523 g/mol. The van der Waals surface area contributed by atoms with Crippen LogP contribution in [0.2, 0.25) is 0 Å². The van der Waals surface area contributed by atoms with Crippen LogP contribution in [-0.2, 0) is 6.54 Å². The zero-order chi connectivity index (χ0) is 26.0. The van der Waals surface area contributed by atoms with Gasteiger partial charge in [0.25, 0.3) is 0 Å². The number of nitrogens with zero attached hydrogens (tertiary/aromatic N) is 3. The van der Waals surface area contributed by atoms with Crippen LogP contribution in [0.1, 0.15) is 17.5 Å². The summed E-state index contributed by atoms with van der Waals surface area (Å²) in [5.41, 5.74) is 8.07. The summed E-state index contributed by atoms with van der Waals surface area (Å²) in [7, 11) is 0. The van der Waals surface area contributed by atoms with E-state index in [0.29, 0.717) is 12.1 Å². The minimum absolute atomic E-state index is 0.102. The number of imidazole rings is 1. The number of nitrogens with one attached hydrogen (secondary N) is 3. The van der Waals surface area contributed by atoms with Crippen molar-refractivity contribution < 1.29 is 13.2 Å². The van der Waals surface area contributed by atoms with Gasteiger partial charge in [-0.1, -0.05) is 36.9 Å². The first-order valence-corrected chi connectivity index (χ1v) is 12.5. The normalized spacial score (nSPS) is 13.5. The maximum Gasteiger partial charge on any atom is 0.401 e. The van der Waals surface area contributed by atoms with Crippen LogP contribution in [0.25, 0.3) is 17.0 Å². The van der Waals surface area contributed by atoms with Gasteiger partial charge in [-0.2, -0.15) is 13.2 Å². The number of pyridine rings is 1. The summed E-state index contributed by atoms with van der Waals surface area (Å²) in [6, 6.07) is 11.6. The lowest BCUT2D eigenvalue weighted by molar-refractivity contribution is -0.125. The molecule has 0 unspecified atom stereocenters. The van der Waals surface area contributed by atoms with Gasteiger partial charge >= 0.3 is 6.18 Å². The van der Waals surface area contributed by atoms with Crippen LogP contribution in [0.5, 0.6) is 0 Å². The zero-order valence-electron chi connectivity index (χ0n) is 20.1. The van der Waals surface area contributed by atoms with Gasteiger partial charge in [0, 0.05) is 41.6 Å². The Bertz CT molecular complexity index is 1510. The van der Waals surface area contributed by atoms with Gasteiger partial charge in [0.15, 0.2) is 5.13 Å². The molecule has 5 rings (SSSR count). The van der Waals surface area contributed by atoms with Crippen molar-refractivity contribution in [2.24, 2.45) is 0 Å².